The van der Waals surface area contributed by atoms with Crippen LogP contribution in [0.3, 0.4) is 0 Å². The topological polar surface area (TPSA) is 50.2 Å². The molecule has 0 saturated heterocycles. The number of nitrogens with zero attached hydrogens (tertiary/aromatic N) is 1. The van der Waals surface area contributed by atoms with Gasteiger partial charge in [-0.3, -0.25) is 4.79 Å². The number of aromatic nitrogens is 2. The predicted molar refractivity (Wildman–Crippen MR) is 102 cm³/mol. The quantitative estimate of drug-likeness (QED) is 0.544. The molecule has 2 N–H and O–H groups in total. The van der Waals surface area contributed by atoms with Gasteiger partial charge in [0.15, 0.2) is 0 Å². The zero-order chi connectivity index (χ0) is 17.4. The molecule has 5 heteroatoms. The van der Waals surface area contributed by atoms with Crippen molar-refractivity contribution in [2.75, 3.05) is 13.6 Å². The molecule has 4 aromatic rings. The number of carbonyl (C=O) groups is 1. The van der Waals surface area contributed by atoms with Crippen molar-refractivity contribution >= 4 is 38.2 Å². The summed E-state index contributed by atoms with van der Waals surface area (Å²) in [6.07, 6.45) is 0. The number of ketones is 1. The van der Waals surface area contributed by atoms with Crippen LogP contribution in [-0.2, 0) is 6.54 Å². The number of nitrogens with one attached hydrogen (secondary N) is 2. The number of rotatable bonds is 5. The van der Waals surface area contributed by atoms with E-state index in [2.05, 4.69) is 16.0 Å². The Hall–Kier alpha value is -2.50. The Morgan fingerprint density at radius 1 is 1.16 bits per heavy atom. The van der Waals surface area contributed by atoms with Crippen LogP contribution in [-0.4, -0.2) is 29.3 Å². The minimum Gasteiger partial charge on any atom is -0.358 e. The van der Waals surface area contributed by atoms with Crippen molar-refractivity contribution in [3.8, 4) is 0 Å². The van der Waals surface area contributed by atoms with Crippen molar-refractivity contribution in [2.45, 2.75) is 13.5 Å². The summed E-state index contributed by atoms with van der Waals surface area (Å²) in [5, 5.41) is 2.08. The van der Waals surface area contributed by atoms with E-state index in [9.17, 15) is 4.79 Å². The zero-order valence-corrected chi connectivity index (χ0v) is 15.1. The van der Waals surface area contributed by atoms with Crippen LogP contribution in [0.5, 0.6) is 0 Å². The second kappa shape index (κ2) is 6.43. The smallest absolute Gasteiger partial charge is 0.219 e. The third-order valence-electron chi connectivity index (χ3n) is 4.43. The van der Waals surface area contributed by atoms with Crippen LogP contribution >= 0.6 is 11.3 Å². The molecule has 0 saturated carbocycles. The molecular weight excluding hydrogens is 330 g/mol. The van der Waals surface area contributed by atoms with Gasteiger partial charge in [-0.15, -0.1) is 11.3 Å². The zero-order valence-electron chi connectivity index (χ0n) is 14.3. The minimum atomic E-state index is 0.175. The minimum absolute atomic E-state index is 0.175. The number of hydrogen-bond donors (Lipinski definition) is 2. The molecule has 0 aliphatic carbocycles. The van der Waals surface area contributed by atoms with Crippen molar-refractivity contribution < 1.29 is 9.69 Å². The van der Waals surface area contributed by atoms with Crippen molar-refractivity contribution in [1.82, 2.24) is 9.97 Å². The van der Waals surface area contributed by atoms with E-state index in [0.717, 1.165) is 44.1 Å². The molecule has 0 spiro atoms. The molecule has 0 bridgehead atoms. The number of likely N-dealkylation sites (N-methyl/N-ethyl adjacent to an activating group) is 1. The molecule has 2 aromatic carbocycles. The van der Waals surface area contributed by atoms with Gasteiger partial charge >= 0.3 is 0 Å². The lowest BCUT2D eigenvalue weighted by molar-refractivity contribution is -0.884. The van der Waals surface area contributed by atoms with Crippen LogP contribution in [0.4, 0.5) is 0 Å². The summed E-state index contributed by atoms with van der Waals surface area (Å²) < 4.78 is 1.20. The summed E-state index contributed by atoms with van der Waals surface area (Å²) in [6, 6.07) is 16.1. The predicted octanol–water partition coefficient (Wildman–Crippen LogP) is 2.98. The van der Waals surface area contributed by atoms with Crippen LogP contribution in [0.25, 0.3) is 21.1 Å². The number of hydrogen-bond acceptors (Lipinski definition) is 3. The Bertz CT molecular complexity index is 1030. The van der Waals surface area contributed by atoms with Gasteiger partial charge in [0.05, 0.1) is 22.8 Å². The lowest BCUT2D eigenvalue weighted by Crippen LogP contribution is -3.08. The van der Waals surface area contributed by atoms with Crippen molar-refractivity contribution in [3.05, 3.63) is 64.8 Å². The van der Waals surface area contributed by atoms with E-state index in [4.69, 9.17) is 0 Å². The number of carbonyl (C=O) groups excluding carboxylic acids is 1. The molecule has 126 valence electrons. The van der Waals surface area contributed by atoms with Gasteiger partial charge in [-0.05, 0) is 25.1 Å². The molecule has 4 nitrogen and oxygen atoms in total. The average molecular weight is 350 g/mol. The van der Waals surface area contributed by atoms with Crippen LogP contribution in [0.15, 0.2) is 48.5 Å². The van der Waals surface area contributed by atoms with Gasteiger partial charge in [0.25, 0.3) is 0 Å². The summed E-state index contributed by atoms with van der Waals surface area (Å²) in [6.45, 7) is 3.18. The van der Waals surface area contributed by atoms with Gasteiger partial charge in [-0.2, -0.15) is 0 Å². The maximum Gasteiger partial charge on any atom is 0.219 e. The molecule has 1 unspecified atom stereocenters. The molecule has 0 fully saturated rings. The lowest BCUT2D eigenvalue weighted by Gasteiger charge is -2.11. The molecule has 0 amide bonds. The second-order valence-corrected chi connectivity index (χ2v) is 7.59. The third-order valence-corrected chi connectivity index (χ3v) is 5.46. The van der Waals surface area contributed by atoms with Gasteiger partial charge in [0.2, 0.25) is 5.78 Å². The van der Waals surface area contributed by atoms with E-state index < -0.39 is 0 Å². The van der Waals surface area contributed by atoms with Crippen molar-refractivity contribution in [1.29, 1.82) is 0 Å². The van der Waals surface area contributed by atoms with Gasteiger partial charge in [0.1, 0.15) is 18.1 Å². The summed E-state index contributed by atoms with van der Waals surface area (Å²) in [4.78, 5) is 22.0. The number of aryl methyl sites for hydroxylation is 1. The Morgan fingerprint density at radius 2 is 1.92 bits per heavy atom. The fraction of sp³-hybridized carbons (Fsp3) is 0.200. The Kier molecular flexibility index (Phi) is 4.11. The molecular formula is C20H20N3OS+. The van der Waals surface area contributed by atoms with E-state index in [0.29, 0.717) is 6.54 Å². The summed E-state index contributed by atoms with van der Waals surface area (Å²) in [5.41, 5.74) is 3.82. The van der Waals surface area contributed by atoms with Crippen LogP contribution < -0.4 is 4.90 Å². The van der Waals surface area contributed by atoms with Crippen LogP contribution in [0.2, 0.25) is 0 Å². The molecule has 2 heterocycles. The Morgan fingerprint density at radius 3 is 2.76 bits per heavy atom. The highest BCUT2D eigenvalue weighted by Gasteiger charge is 2.20. The number of para-hydroxylation sites is 2. The fourth-order valence-corrected chi connectivity index (χ4v) is 4.40. The van der Waals surface area contributed by atoms with Crippen molar-refractivity contribution in [2.24, 2.45) is 0 Å². The van der Waals surface area contributed by atoms with Gasteiger partial charge in [-0.1, -0.05) is 30.3 Å². The van der Waals surface area contributed by atoms with Crippen molar-refractivity contribution in [3.63, 3.8) is 0 Å². The monoisotopic (exact) mass is 350 g/mol. The van der Waals surface area contributed by atoms with Crippen LogP contribution in [0.1, 0.15) is 21.1 Å². The molecule has 2 aromatic heterocycles. The molecule has 0 aliphatic heterocycles. The Labute approximate surface area is 150 Å². The molecule has 1 atom stereocenters. The standard InChI is InChI=1S/C20H19N3OS/c1-13-20(14-7-3-4-8-15(14)21-13)17(24)11-23(2)12-19-22-16-9-5-6-10-18(16)25-19/h3-10,21H,11-12H2,1-2H3/p+1. The first-order valence-corrected chi connectivity index (χ1v) is 9.19. The number of benzene rings is 2. The van der Waals surface area contributed by atoms with E-state index in [1.165, 1.54) is 4.70 Å². The molecule has 4 rings (SSSR count). The van der Waals surface area contributed by atoms with Gasteiger partial charge < -0.3 is 9.88 Å². The highest BCUT2D eigenvalue weighted by Crippen LogP contribution is 2.22. The SMILES string of the molecule is Cc1[nH]c2ccccc2c1C(=O)C[NH+](C)Cc1nc2ccccc2s1. The Balaban J connectivity index is 1.52. The van der Waals surface area contributed by atoms with Crippen LogP contribution in [0, 0.1) is 6.92 Å². The summed E-state index contributed by atoms with van der Waals surface area (Å²) >= 11 is 1.71. The number of fused-ring (bicyclic) bond motifs is 2. The number of quaternary nitrogens is 1. The highest BCUT2D eigenvalue weighted by atomic mass is 32.1. The number of H-pyrrole nitrogens is 1. The largest absolute Gasteiger partial charge is 0.358 e. The first-order valence-electron chi connectivity index (χ1n) is 8.38. The molecule has 25 heavy (non-hydrogen) atoms. The average Bonchev–Trinajstić information content (AvgIpc) is 3.13. The van der Waals surface area contributed by atoms with E-state index in [1.807, 2.05) is 56.4 Å². The second-order valence-electron chi connectivity index (χ2n) is 6.48. The van der Waals surface area contributed by atoms with Gasteiger partial charge in [0, 0.05) is 16.6 Å². The fourth-order valence-electron chi connectivity index (χ4n) is 3.31. The molecule has 0 aliphatic rings. The maximum absolute atomic E-state index is 12.9. The third kappa shape index (κ3) is 3.08. The highest BCUT2D eigenvalue weighted by molar-refractivity contribution is 7.18. The number of thiazole rings is 1. The first-order chi connectivity index (χ1) is 12.1. The summed E-state index contributed by atoms with van der Waals surface area (Å²) in [5.74, 6) is 0.175. The first kappa shape index (κ1) is 16.0. The normalized spacial score (nSPS) is 12.7. The van der Waals surface area contributed by atoms with E-state index in [-0.39, 0.29) is 5.78 Å². The number of aromatic amines is 1. The van der Waals surface area contributed by atoms with E-state index in [1.54, 1.807) is 11.3 Å². The lowest BCUT2D eigenvalue weighted by atomic mass is 10.1. The molecule has 0 radical (unpaired) electrons. The van der Waals surface area contributed by atoms with Gasteiger partial charge in [-0.25, -0.2) is 4.98 Å². The number of Topliss-reactive ketones (excluding diaryl/α,β-unsaturated/α-hetero) is 1. The maximum atomic E-state index is 12.9. The summed E-state index contributed by atoms with van der Waals surface area (Å²) in [7, 11) is 2.05. The van der Waals surface area contributed by atoms with E-state index >= 15 is 0 Å².